The van der Waals surface area contributed by atoms with E-state index in [1.807, 2.05) is 6.92 Å². The summed E-state index contributed by atoms with van der Waals surface area (Å²) in [5, 5.41) is 1.10. The number of nitrogens with one attached hydrogen (secondary N) is 1. The summed E-state index contributed by atoms with van der Waals surface area (Å²) in [5.41, 5.74) is 0. The van der Waals surface area contributed by atoms with E-state index in [0.29, 0.717) is 0 Å². The van der Waals surface area contributed by atoms with E-state index in [2.05, 4.69) is 24.7 Å². The van der Waals surface area contributed by atoms with E-state index in [-0.39, 0.29) is 5.91 Å². The number of carbonyl (C=O) groups excluding carboxylic acids is 1. The molecule has 1 N–H and O–H groups in total. The zero-order valence-corrected chi connectivity index (χ0v) is 8.12. The summed E-state index contributed by atoms with van der Waals surface area (Å²) < 4.78 is 0. The molecule has 58 valence electrons. The Balaban J connectivity index is 4.13. The number of carbonyl (C=O) groups is 1. The molecule has 0 rings (SSSR count). The van der Waals surface area contributed by atoms with Crippen LogP contribution in [0.4, 0.5) is 0 Å². The SMILES string of the molecule is C=C(C)[Si](C)(C)NC(C)=O. The molecular formula is C7H15NOSi. The van der Waals surface area contributed by atoms with Gasteiger partial charge in [0.25, 0.3) is 0 Å². The maximum atomic E-state index is 10.6. The molecule has 0 aliphatic heterocycles. The molecule has 10 heavy (non-hydrogen) atoms. The molecule has 3 heteroatoms. The van der Waals surface area contributed by atoms with E-state index in [1.54, 1.807) is 0 Å². The molecule has 2 nitrogen and oxygen atoms in total. The second kappa shape index (κ2) is 3.01. The van der Waals surface area contributed by atoms with Gasteiger partial charge >= 0.3 is 0 Å². The largest absolute Gasteiger partial charge is 0.379 e. The van der Waals surface area contributed by atoms with Crippen molar-refractivity contribution < 1.29 is 4.79 Å². The van der Waals surface area contributed by atoms with Crippen LogP contribution in [0.25, 0.3) is 0 Å². The molecule has 0 saturated heterocycles. The van der Waals surface area contributed by atoms with Gasteiger partial charge in [-0.3, -0.25) is 4.79 Å². The van der Waals surface area contributed by atoms with Crippen molar-refractivity contribution in [3.8, 4) is 0 Å². The van der Waals surface area contributed by atoms with Crippen LogP contribution in [-0.4, -0.2) is 14.1 Å². The molecule has 0 aromatic rings. The van der Waals surface area contributed by atoms with E-state index in [1.165, 1.54) is 6.92 Å². The summed E-state index contributed by atoms with van der Waals surface area (Å²) in [6.45, 7) is 11.5. The third-order valence-corrected chi connectivity index (χ3v) is 4.67. The third-order valence-electron chi connectivity index (χ3n) is 1.56. The van der Waals surface area contributed by atoms with Crippen LogP contribution in [-0.2, 0) is 4.79 Å². The Morgan fingerprint density at radius 2 is 1.80 bits per heavy atom. The van der Waals surface area contributed by atoms with Crippen LogP contribution in [0, 0.1) is 0 Å². The van der Waals surface area contributed by atoms with Crippen molar-refractivity contribution in [3.05, 3.63) is 11.8 Å². The molecule has 0 unspecified atom stereocenters. The van der Waals surface area contributed by atoms with Gasteiger partial charge < -0.3 is 4.98 Å². The lowest BCUT2D eigenvalue weighted by Crippen LogP contribution is -2.48. The minimum Gasteiger partial charge on any atom is -0.379 e. The molecule has 0 radical (unpaired) electrons. The highest BCUT2D eigenvalue weighted by Crippen LogP contribution is 2.07. The quantitative estimate of drug-likeness (QED) is 0.604. The van der Waals surface area contributed by atoms with Gasteiger partial charge in [-0.25, -0.2) is 0 Å². The van der Waals surface area contributed by atoms with Crippen molar-refractivity contribution in [2.45, 2.75) is 26.9 Å². The van der Waals surface area contributed by atoms with Gasteiger partial charge in [0.15, 0.2) is 8.24 Å². The first-order valence-electron chi connectivity index (χ1n) is 3.31. The molecule has 0 aliphatic carbocycles. The van der Waals surface area contributed by atoms with E-state index < -0.39 is 8.24 Å². The van der Waals surface area contributed by atoms with Crippen molar-refractivity contribution in [3.63, 3.8) is 0 Å². The molecule has 0 heterocycles. The summed E-state index contributed by atoms with van der Waals surface area (Å²) in [7, 11) is -1.64. The maximum absolute atomic E-state index is 10.6. The first kappa shape index (κ1) is 9.43. The Bertz CT molecular complexity index is 163. The molecule has 0 aromatic carbocycles. The lowest BCUT2D eigenvalue weighted by molar-refractivity contribution is -0.117. The van der Waals surface area contributed by atoms with Crippen molar-refractivity contribution in [2.24, 2.45) is 0 Å². The van der Waals surface area contributed by atoms with Gasteiger partial charge in [0.2, 0.25) is 5.91 Å². The van der Waals surface area contributed by atoms with Gasteiger partial charge in [-0.2, -0.15) is 0 Å². The fraction of sp³-hybridized carbons (Fsp3) is 0.571. The van der Waals surface area contributed by atoms with Crippen LogP contribution < -0.4 is 4.98 Å². The molecule has 0 spiro atoms. The zero-order chi connectivity index (χ0) is 8.36. The van der Waals surface area contributed by atoms with E-state index >= 15 is 0 Å². The van der Waals surface area contributed by atoms with Crippen molar-refractivity contribution in [2.75, 3.05) is 0 Å². The standard InChI is InChI=1S/C7H15NOSi/c1-6(2)10(4,5)8-7(3)9/h1H2,2-5H3,(H,8,9). The van der Waals surface area contributed by atoms with Gasteiger partial charge in [-0.05, 0) is 20.0 Å². The number of hydrogen-bond acceptors (Lipinski definition) is 1. The Kier molecular flexibility index (Phi) is 2.84. The summed E-state index contributed by atoms with van der Waals surface area (Å²) in [6, 6.07) is 0. The summed E-state index contributed by atoms with van der Waals surface area (Å²) >= 11 is 0. The van der Waals surface area contributed by atoms with Crippen LogP contribution in [0.3, 0.4) is 0 Å². The predicted octanol–water partition coefficient (Wildman–Crippen LogP) is 1.44. The third kappa shape index (κ3) is 2.82. The van der Waals surface area contributed by atoms with Crippen LogP contribution in [0.15, 0.2) is 11.8 Å². The smallest absolute Gasteiger partial charge is 0.209 e. The molecule has 0 aliphatic rings. The maximum Gasteiger partial charge on any atom is 0.209 e. The number of hydrogen-bond donors (Lipinski definition) is 1. The van der Waals surface area contributed by atoms with Crippen LogP contribution in [0.1, 0.15) is 13.8 Å². The lowest BCUT2D eigenvalue weighted by atomic mass is 10.8. The number of allylic oxidation sites excluding steroid dienone is 1. The van der Waals surface area contributed by atoms with Crippen molar-refractivity contribution in [1.82, 2.24) is 4.98 Å². The lowest BCUT2D eigenvalue weighted by Gasteiger charge is -2.22. The van der Waals surface area contributed by atoms with Crippen LogP contribution in [0.5, 0.6) is 0 Å². The Morgan fingerprint density at radius 3 is 1.90 bits per heavy atom. The second-order valence-electron chi connectivity index (χ2n) is 3.09. The van der Waals surface area contributed by atoms with Crippen molar-refractivity contribution >= 4 is 14.1 Å². The average molecular weight is 157 g/mol. The van der Waals surface area contributed by atoms with Gasteiger partial charge in [0.1, 0.15) is 0 Å². The molecule has 0 atom stereocenters. The van der Waals surface area contributed by atoms with Gasteiger partial charge in [-0.15, -0.1) is 6.58 Å². The summed E-state index contributed by atoms with van der Waals surface area (Å²) in [5.74, 6) is 0.0414. The van der Waals surface area contributed by atoms with Gasteiger partial charge in [-0.1, -0.05) is 5.20 Å². The Morgan fingerprint density at radius 1 is 1.40 bits per heavy atom. The summed E-state index contributed by atoms with van der Waals surface area (Å²) in [6.07, 6.45) is 0. The Hall–Kier alpha value is -0.573. The molecule has 1 amide bonds. The normalized spacial score (nSPS) is 10.8. The topological polar surface area (TPSA) is 29.1 Å². The van der Waals surface area contributed by atoms with Gasteiger partial charge in [0, 0.05) is 6.92 Å². The van der Waals surface area contributed by atoms with Crippen LogP contribution >= 0.6 is 0 Å². The summed E-state index contributed by atoms with van der Waals surface area (Å²) in [4.78, 5) is 13.6. The highest BCUT2D eigenvalue weighted by Gasteiger charge is 2.22. The second-order valence-corrected chi connectivity index (χ2v) is 7.44. The van der Waals surface area contributed by atoms with E-state index in [0.717, 1.165) is 5.20 Å². The molecular weight excluding hydrogens is 142 g/mol. The minimum absolute atomic E-state index is 0.0414. The molecule has 0 bridgehead atoms. The monoisotopic (exact) mass is 157 g/mol. The minimum atomic E-state index is -1.64. The van der Waals surface area contributed by atoms with E-state index in [4.69, 9.17) is 0 Å². The first-order chi connectivity index (χ1) is 4.36. The van der Waals surface area contributed by atoms with Gasteiger partial charge in [0.05, 0.1) is 0 Å². The predicted molar refractivity (Wildman–Crippen MR) is 46.1 cm³/mol. The Labute approximate surface area is 63.4 Å². The molecule has 0 fully saturated rings. The van der Waals surface area contributed by atoms with Crippen LogP contribution in [0.2, 0.25) is 13.1 Å². The number of rotatable bonds is 2. The highest BCUT2D eigenvalue weighted by atomic mass is 28.3. The fourth-order valence-electron chi connectivity index (χ4n) is 0.547. The fourth-order valence-corrected chi connectivity index (χ4v) is 1.64. The number of amides is 1. The van der Waals surface area contributed by atoms with E-state index in [9.17, 15) is 4.79 Å². The zero-order valence-electron chi connectivity index (χ0n) is 7.12. The first-order valence-corrected chi connectivity index (χ1v) is 6.31. The highest BCUT2D eigenvalue weighted by molar-refractivity contribution is 6.83. The van der Waals surface area contributed by atoms with Crippen molar-refractivity contribution in [1.29, 1.82) is 0 Å². The molecule has 0 aromatic heterocycles. The average Bonchev–Trinajstić information content (AvgIpc) is 1.60. The molecule has 0 saturated carbocycles.